The Morgan fingerprint density at radius 3 is 0.919 bits per heavy atom. The fourth-order valence-corrected chi connectivity index (χ4v) is 13.3. The summed E-state index contributed by atoms with van der Waals surface area (Å²) in [5.74, 6) is 0. The highest BCUT2D eigenvalue weighted by atomic mass is 32.1. The Balaban J connectivity index is 1.17. The van der Waals surface area contributed by atoms with Gasteiger partial charge >= 0.3 is 0 Å². The van der Waals surface area contributed by atoms with Crippen LogP contribution in [-0.4, -0.2) is 0 Å². The van der Waals surface area contributed by atoms with Crippen molar-refractivity contribution in [2.24, 2.45) is 0 Å². The number of hydrogen-bond acceptors (Lipinski definition) is 2. The van der Waals surface area contributed by atoms with Gasteiger partial charge in [-0.15, -0.1) is 22.7 Å². The van der Waals surface area contributed by atoms with Crippen LogP contribution in [0.15, 0.2) is 206 Å². The first-order valence-corrected chi connectivity index (χ1v) is 23.0. The molecule has 0 atom stereocenters. The van der Waals surface area contributed by atoms with E-state index in [1.165, 1.54) is 139 Å². The van der Waals surface area contributed by atoms with Crippen molar-refractivity contribution in [2.75, 3.05) is 0 Å². The quantitative estimate of drug-likeness (QED) is 0.152. The van der Waals surface area contributed by atoms with Gasteiger partial charge in [0.1, 0.15) is 0 Å². The van der Waals surface area contributed by atoms with Gasteiger partial charge in [-0.3, -0.25) is 0 Å². The van der Waals surface area contributed by atoms with E-state index in [2.05, 4.69) is 206 Å². The van der Waals surface area contributed by atoms with Crippen molar-refractivity contribution >= 4 is 95.3 Å². The lowest BCUT2D eigenvalue weighted by Gasteiger charge is -2.27. The van der Waals surface area contributed by atoms with Gasteiger partial charge in [0.2, 0.25) is 0 Å². The molecule has 1 aliphatic carbocycles. The maximum Gasteiger partial charge on any atom is 0.0434 e. The molecule has 1 aliphatic rings. The van der Waals surface area contributed by atoms with Gasteiger partial charge in [-0.2, -0.15) is 0 Å². The number of fused-ring (bicyclic) bond motifs is 20. The minimum absolute atomic E-state index is 1.25. The van der Waals surface area contributed by atoms with Gasteiger partial charge in [0.15, 0.2) is 0 Å². The molecule has 0 N–H and O–H groups in total. The normalized spacial score (nSPS) is 12.2. The predicted molar refractivity (Wildman–Crippen MR) is 271 cm³/mol. The van der Waals surface area contributed by atoms with Crippen LogP contribution < -0.4 is 0 Å². The minimum atomic E-state index is 1.25. The third kappa shape index (κ3) is 4.76. The second kappa shape index (κ2) is 13.1. The maximum absolute atomic E-state index is 2.53. The molecule has 0 bridgehead atoms. The number of hydrogen-bond donors (Lipinski definition) is 0. The molecule has 0 unspecified atom stereocenters. The molecule has 2 aromatic heterocycles. The topological polar surface area (TPSA) is 0 Å². The Morgan fingerprint density at radius 1 is 0.194 bits per heavy atom. The first-order chi connectivity index (χ1) is 30.8. The molecule has 11 aromatic carbocycles. The van der Waals surface area contributed by atoms with Crippen molar-refractivity contribution in [3.63, 3.8) is 0 Å². The van der Waals surface area contributed by atoms with E-state index in [0.29, 0.717) is 0 Å². The Hall–Kier alpha value is -7.36. The molecule has 2 heterocycles. The molecule has 0 fully saturated rings. The number of rotatable bonds is 2. The van der Waals surface area contributed by atoms with E-state index in [1.807, 2.05) is 22.7 Å². The maximum atomic E-state index is 2.53. The third-order valence-corrected chi connectivity index (χ3v) is 15.9. The summed E-state index contributed by atoms with van der Waals surface area (Å²) in [6.07, 6.45) is 0. The summed E-state index contributed by atoms with van der Waals surface area (Å²) in [6.45, 7) is 0. The monoisotopic (exact) mass is 818 g/mol. The fourth-order valence-electron chi connectivity index (χ4n) is 10.8. The van der Waals surface area contributed by atoms with Crippen LogP contribution in [-0.2, 0) is 0 Å². The summed E-state index contributed by atoms with van der Waals surface area (Å²) in [7, 11) is 0. The number of benzene rings is 11. The lowest BCUT2D eigenvalue weighted by Crippen LogP contribution is -2.01. The first kappa shape index (κ1) is 34.4. The van der Waals surface area contributed by atoms with Crippen molar-refractivity contribution in [1.29, 1.82) is 0 Å². The highest BCUT2D eigenvalue weighted by molar-refractivity contribution is 7.26. The van der Waals surface area contributed by atoms with Crippen LogP contribution >= 0.6 is 22.7 Å². The molecule has 0 nitrogen and oxygen atoms in total. The molecule has 286 valence electrons. The standard InChI is InChI=1S/C60H34S2/c1-3-17-37-35(15-1)36-16-2-4-18-38(36)52-34-54-46-26-12-24-44(50-30-14-28-48-40-20-8-10-32-56(40)62-60(48)50)58(46)42-22-6-5-21-41(42)57-43(23-11-25-45(57)53(54)33-51(37)52)49-29-13-27-47-39-19-7-9-31-55(39)61-59(47)49/h1-34H. The average molecular weight is 819 g/mol. The molecule has 0 aliphatic heterocycles. The molecule has 0 amide bonds. The summed E-state index contributed by atoms with van der Waals surface area (Å²) in [5, 5.41) is 13.0. The van der Waals surface area contributed by atoms with Gasteiger partial charge < -0.3 is 0 Å². The molecule has 0 saturated carbocycles. The van der Waals surface area contributed by atoms with Crippen LogP contribution in [0.25, 0.3) is 139 Å². The van der Waals surface area contributed by atoms with E-state index in [-0.39, 0.29) is 0 Å². The van der Waals surface area contributed by atoms with Crippen molar-refractivity contribution in [1.82, 2.24) is 0 Å². The van der Waals surface area contributed by atoms with E-state index in [4.69, 9.17) is 0 Å². The summed E-state index contributed by atoms with van der Waals surface area (Å²) < 4.78 is 5.30. The Morgan fingerprint density at radius 2 is 0.484 bits per heavy atom. The Kier molecular flexibility index (Phi) is 7.24. The average Bonchev–Trinajstić information content (AvgIpc) is 3.92. The van der Waals surface area contributed by atoms with Crippen molar-refractivity contribution in [3.8, 4) is 66.8 Å². The van der Waals surface area contributed by atoms with Crippen molar-refractivity contribution in [2.45, 2.75) is 0 Å². The predicted octanol–water partition coefficient (Wildman–Crippen LogP) is 18.2. The summed E-state index contributed by atoms with van der Waals surface area (Å²) in [5.41, 5.74) is 15.1. The number of thiophene rings is 2. The van der Waals surface area contributed by atoms with Crippen LogP contribution in [0.2, 0.25) is 0 Å². The van der Waals surface area contributed by atoms with Crippen molar-refractivity contribution < 1.29 is 0 Å². The molecule has 0 radical (unpaired) electrons. The van der Waals surface area contributed by atoms with Gasteiger partial charge in [-0.1, -0.05) is 182 Å². The summed E-state index contributed by atoms with van der Waals surface area (Å²) in [4.78, 5) is 0. The molecule has 13 aromatic rings. The van der Waals surface area contributed by atoms with Crippen LogP contribution in [0.5, 0.6) is 0 Å². The molecule has 2 heteroatoms. The van der Waals surface area contributed by atoms with Crippen LogP contribution in [0, 0.1) is 0 Å². The molecule has 62 heavy (non-hydrogen) atoms. The molecular formula is C60H34S2. The highest BCUT2D eigenvalue weighted by Crippen LogP contribution is 2.56. The molecule has 0 spiro atoms. The zero-order valence-corrected chi connectivity index (χ0v) is 35.1. The highest BCUT2D eigenvalue weighted by Gasteiger charge is 2.28. The second-order valence-electron chi connectivity index (χ2n) is 16.6. The zero-order chi connectivity index (χ0) is 40.5. The van der Waals surface area contributed by atoms with E-state index in [1.54, 1.807) is 0 Å². The first-order valence-electron chi connectivity index (χ1n) is 21.3. The van der Waals surface area contributed by atoms with E-state index >= 15 is 0 Å². The van der Waals surface area contributed by atoms with Crippen LogP contribution in [0.3, 0.4) is 0 Å². The molecule has 14 rings (SSSR count). The fraction of sp³-hybridized carbons (Fsp3) is 0. The van der Waals surface area contributed by atoms with E-state index in [9.17, 15) is 0 Å². The molecular weight excluding hydrogens is 785 g/mol. The van der Waals surface area contributed by atoms with Gasteiger partial charge in [0, 0.05) is 51.5 Å². The lowest BCUT2D eigenvalue weighted by molar-refractivity contribution is 1.53. The van der Waals surface area contributed by atoms with Crippen LogP contribution in [0.4, 0.5) is 0 Å². The second-order valence-corrected chi connectivity index (χ2v) is 18.7. The van der Waals surface area contributed by atoms with Gasteiger partial charge in [0.25, 0.3) is 0 Å². The SMILES string of the molecule is c1ccc2c(c1)-c1c(cccc1-c1cccc3c1sc1ccccc13)-c1cc3c4ccccc4c4ccccc4c3cc1-c1cccc(-c3cccc4c3sc3ccccc34)c1-2. The smallest absolute Gasteiger partial charge is 0.0434 e. The largest absolute Gasteiger partial charge is 0.135 e. The van der Waals surface area contributed by atoms with Gasteiger partial charge in [-0.05, 0) is 112 Å². The summed E-state index contributed by atoms with van der Waals surface area (Å²) >= 11 is 3.81. The van der Waals surface area contributed by atoms with Crippen LogP contribution in [0.1, 0.15) is 0 Å². The summed E-state index contributed by atoms with van der Waals surface area (Å²) in [6, 6.07) is 77.8. The van der Waals surface area contributed by atoms with Gasteiger partial charge in [-0.25, -0.2) is 0 Å². The van der Waals surface area contributed by atoms with E-state index < -0.39 is 0 Å². The Labute approximate surface area is 366 Å². The van der Waals surface area contributed by atoms with Gasteiger partial charge in [0.05, 0.1) is 0 Å². The minimum Gasteiger partial charge on any atom is -0.135 e. The molecule has 0 saturated heterocycles. The Bertz CT molecular complexity index is 3780. The van der Waals surface area contributed by atoms with E-state index in [0.717, 1.165) is 0 Å². The lowest BCUT2D eigenvalue weighted by atomic mass is 9.75. The zero-order valence-electron chi connectivity index (χ0n) is 33.4. The third-order valence-electron chi connectivity index (χ3n) is 13.4. The van der Waals surface area contributed by atoms with Crippen molar-refractivity contribution in [3.05, 3.63) is 206 Å².